The number of methoxy groups -OCH3 is 1. The van der Waals surface area contributed by atoms with Gasteiger partial charge in [0.1, 0.15) is 23.1 Å². The molecule has 0 radical (unpaired) electrons. The van der Waals surface area contributed by atoms with Gasteiger partial charge >= 0.3 is 6.18 Å². The van der Waals surface area contributed by atoms with Crippen molar-refractivity contribution in [3.63, 3.8) is 0 Å². The Hall–Kier alpha value is -3.69. The molecule has 0 saturated carbocycles. The first-order valence-electron chi connectivity index (χ1n) is 10.0. The smallest absolute Gasteiger partial charge is 0.419 e. The second kappa shape index (κ2) is 9.85. The van der Waals surface area contributed by atoms with Crippen LogP contribution in [0.25, 0.3) is 0 Å². The third-order valence-electron chi connectivity index (χ3n) is 4.97. The molecule has 1 amide bonds. The summed E-state index contributed by atoms with van der Waals surface area (Å²) in [6.07, 6.45) is -4.29. The fourth-order valence-electron chi connectivity index (χ4n) is 3.28. The van der Waals surface area contributed by atoms with Crippen molar-refractivity contribution in [3.05, 3.63) is 92.9 Å². The van der Waals surface area contributed by atoms with Crippen molar-refractivity contribution >= 4 is 5.91 Å². The van der Waals surface area contributed by atoms with Crippen LogP contribution in [0.1, 0.15) is 52.4 Å². The number of benzene rings is 2. The summed E-state index contributed by atoms with van der Waals surface area (Å²) in [6, 6.07) is 9.82. The van der Waals surface area contributed by atoms with Crippen molar-refractivity contribution in [2.45, 2.75) is 32.0 Å². The Labute approximate surface area is 186 Å². The number of hydrogen-bond donors (Lipinski definition) is 2. The number of rotatable bonds is 7. The molecule has 2 N–H and O–H groups in total. The van der Waals surface area contributed by atoms with E-state index in [0.717, 1.165) is 23.8 Å². The summed E-state index contributed by atoms with van der Waals surface area (Å²) in [5.74, 6) is -1.21. The molecular formula is C23H21F4N3O3. The van der Waals surface area contributed by atoms with Crippen molar-refractivity contribution in [2.24, 2.45) is 0 Å². The van der Waals surface area contributed by atoms with Crippen molar-refractivity contribution < 1.29 is 27.1 Å². The van der Waals surface area contributed by atoms with Crippen LogP contribution >= 0.6 is 0 Å². The van der Waals surface area contributed by atoms with E-state index in [0.29, 0.717) is 11.8 Å². The molecule has 0 bridgehead atoms. The summed E-state index contributed by atoms with van der Waals surface area (Å²) in [5, 5.41) is 2.60. The molecule has 0 aliphatic rings. The number of alkyl halides is 3. The van der Waals surface area contributed by atoms with Crippen LogP contribution in [0.4, 0.5) is 17.6 Å². The first-order chi connectivity index (χ1) is 15.6. The molecule has 0 aliphatic heterocycles. The van der Waals surface area contributed by atoms with Crippen molar-refractivity contribution in [3.8, 4) is 5.75 Å². The lowest BCUT2D eigenvalue weighted by atomic mass is 10.0. The predicted molar refractivity (Wildman–Crippen MR) is 113 cm³/mol. The Bertz CT molecular complexity index is 1190. The molecule has 0 aliphatic carbocycles. The molecule has 1 heterocycles. The molecule has 0 saturated heterocycles. The van der Waals surface area contributed by atoms with Crippen LogP contribution in [0.3, 0.4) is 0 Å². The lowest BCUT2D eigenvalue weighted by molar-refractivity contribution is -0.140. The molecule has 1 atom stereocenters. The molecule has 6 nitrogen and oxygen atoms in total. The molecule has 3 rings (SSSR count). The number of carbonyl (C=O) groups is 1. The molecule has 0 fully saturated rings. The normalized spacial score (nSPS) is 12.3. The highest BCUT2D eigenvalue weighted by Gasteiger charge is 2.34. The van der Waals surface area contributed by atoms with E-state index in [4.69, 9.17) is 4.74 Å². The van der Waals surface area contributed by atoms with Gasteiger partial charge in [-0.05, 0) is 41.8 Å². The van der Waals surface area contributed by atoms with Gasteiger partial charge in [-0.1, -0.05) is 25.1 Å². The minimum absolute atomic E-state index is 0.159. The van der Waals surface area contributed by atoms with E-state index >= 15 is 0 Å². The van der Waals surface area contributed by atoms with Gasteiger partial charge < -0.3 is 15.0 Å². The lowest BCUT2D eigenvalue weighted by Crippen LogP contribution is -2.30. The summed E-state index contributed by atoms with van der Waals surface area (Å²) in [6.45, 7) is 1.68. The van der Waals surface area contributed by atoms with E-state index in [2.05, 4.69) is 15.3 Å². The van der Waals surface area contributed by atoms with E-state index in [9.17, 15) is 27.2 Å². The van der Waals surface area contributed by atoms with Crippen LogP contribution in [-0.2, 0) is 12.6 Å². The molecule has 1 aromatic heterocycles. The van der Waals surface area contributed by atoms with E-state index in [1.54, 1.807) is 38.3 Å². The topological polar surface area (TPSA) is 84.1 Å². The minimum atomic E-state index is -4.82. The quantitative estimate of drug-likeness (QED) is 0.509. The highest BCUT2D eigenvalue weighted by atomic mass is 19.4. The van der Waals surface area contributed by atoms with Gasteiger partial charge in [-0.15, -0.1) is 0 Å². The summed E-state index contributed by atoms with van der Waals surface area (Å²) in [4.78, 5) is 31.5. The van der Waals surface area contributed by atoms with Gasteiger partial charge in [-0.3, -0.25) is 9.59 Å². The Kier molecular flexibility index (Phi) is 7.15. The van der Waals surface area contributed by atoms with Gasteiger partial charge in [-0.25, -0.2) is 9.37 Å². The Morgan fingerprint density at radius 1 is 1.15 bits per heavy atom. The standard InChI is InChI=1S/C23H21F4N3O3/c1-3-18(14-6-9-16(17(24)11-14)23(25,26)27)29-22(32)19-12-21(31)30-20(28-19)10-13-4-7-15(33-2)8-5-13/h4-9,11-12,18H,3,10H2,1-2H3,(H,29,32)(H,28,30,31)/t18-/m1/s1. The molecule has 0 unspecified atom stereocenters. The van der Waals surface area contributed by atoms with E-state index in [1.807, 2.05) is 0 Å². The first kappa shape index (κ1) is 24.0. The largest absolute Gasteiger partial charge is 0.497 e. The number of hydrogen-bond acceptors (Lipinski definition) is 4. The Morgan fingerprint density at radius 2 is 1.85 bits per heavy atom. The first-order valence-corrected chi connectivity index (χ1v) is 10.0. The average Bonchev–Trinajstić information content (AvgIpc) is 2.76. The van der Waals surface area contributed by atoms with E-state index in [1.165, 1.54) is 0 Å². The maximum absolute atomic E-state index is 14.0. The van der Waals surface area contributed by atoms with E-state index < -0.39 is 35.1 Å². The highest BCUT2D eigenvalue weighted by Crippen LogP contribution is 2.32. The fraction of sp³-hybridized carbons (Fsp3) is 0.261. The number of H-pyrrole nitrogens is 1. The fourth-order valence-corrected chi connectivity index (χ4v) is 3.28. The number of ether oxygens (including phenoxy) is 1. The molecule has 2 aromatic carbocycles. The number of aromatic nitrogens is 2. The van der Waals surface area contributed by atoms with E-state index in [-0.39, 0.29) is 29.9 Å². The minimum Gasteiger partial charge on any atom is -0.497 e. The maximum atomic E-state index is 14.0. The highest BCUT2D eigenvalue weighted by molar-refractivity contribution is 5.92. The number of aromatic amines is 1. The summed E-state index contributed by atoms with van der Waals surface area (Å²) >= 11 is 0. The number of halogens is 4. The zero-order valence-corrected chi connectivity index (χ0v) is 17.8. The summed E-state index contributed by atoms with van der Waals surface area (Å²) in [5.41, 5.74) is -1.09. The van der Waals surface area contributed by atoms with Gasteiger partial charge in [0.25, 0.3) is 11.5 Å². The molecule has 0 spiro atoms. The number of amides is 1. The monoisotopic (exact) mass is 463 g/mol. The summed E-state index contributed by atoms with van der Waals surface area (Å²) < 4.78 is 57.5. The van der Waals surface area contributed by atoms with Crippen molar-refractivity contribution in [2.75, 3.05) is 7.11 Å². The van der Waals surface area contributed by atoms with Crippen molar-refractivity contribution in [1.29, 1.82) is 0 Å². The Morgan fingerprint density at radius 3 is 2.42 bits per heavy atom. The van der Waals surface area contributed by atoms with Crippen LogP contribution in [0, 0.1) is 5.82 Å². The van der Waals surface area contributed by atoms with Gasteiger partial charge in [0.05, 0.1) is 18.7 Å². The van der Waals surface area contributed by atoms with Gasteiger partial charge in [0.2, 0.25) is 0 Å². The molecule has 33 heavy (non-hydrogen) atoms. The van der Waals surface area contributed by atoms with Crippen LogP contribution < -0.4 is 15.6 Å². The SMILES string of the molecule is CC[C@@H](NC(=O)c1cc(=O)[nH]c(Cc2ccc(OC)cc2)n1)c1ccc(C(F)(F)F)c(F)c1. The lowest BCUT2D eigenvalue weighted by Gasteiger charge is -2.18. The number of nitrogens with one attached hydrogen (secondary N) is 2. The second-order valence-corrected chi connectivity index (χ2v) is 7.27. The molecule has 10 heteroatoms. The third-order valence-corrected chi connectivity index (χ3v) is 4.97. The van der Waals surface area contributed by atoms with Gasteiger partial charge in [-0.2, -0.15) is 13.2 Å². The predicted octanol–water partition coefficient (Wildman–Crippen LogP) is 4.41. The van der Waals surface area contributed by atoms with Crippen molar-refractivity contribution in [1.82, 2.24) is 15.3 Å². The number of carbonyl (C=O) groups excluding carboxylic acids is 1. The zero-order valence-electron chi connectivity index (χ0n) is 17.8. The Balaban J connectivity index is 1.79. The van der Waals surface area contributed by atoms with Crippen LogP contribution in [0.15, 0.2) is 53.3 Å². The average molecular weight is 463 g/mol. The molecule has 174 valence electrons. The number of nitrogens with zero attached hydrogens (tertiary/aromatic N) is 1. The van der Waals surface area contributed by atoms with Gasteiger partial charge in [0.15, 0.2) is 0 Å². The van der Waals surface area contributed by atoms with Crippen LogP contribution in [0.5, 0.6) is 5.75 Å². The summed E-state index contributed by atoms with van der Waals surface area (Å²) in [7, 11) is 1.54. The maximum Gasteiger partial charge on any atom is 0.419 e. The zero-order chi connectivity index (χ0) is 24.2. The second-order valence-electron chi connectivity index (χ2n) is 7.27. The van der Waals surface area contributed by atoms with Gasteiger partial charge in [0, 0.05) is 12.5 Å². The van der Waals surface area contributed by atoms with Crippen LogP contribution in [-0.4, -0.2) is 23.0 Å². The van der Waals surface area contributed by atoms with Crippen LogP contribution in [0.2, 0.25) is 0 Å². The molecule has 3 aromatic rings. The third kappa shape index (κ3) is 5.97. The molecular weight excluding hydrogens is 442 g/mol.